The minimum atomic E-state index is -4.75. The highest BCUT2D eigenvalue weighted by Crippen LogP contribution is 2.34. The van der Waals surface area contributed by atoms with E-state index in [0.717, 1.165) is 19.0 Å². The average molecular weight is 374 g/mol. The normalized spacial score (nSPS) is 17.7. The number of rotatable bonds is 4. The summed E-state index contributed by atoms with van der Waals surface area (Å²) in [6.45, 7) is 0.763. The van der Waals surface area contributed by atoms with Crippen molar-refractivity contribution in [3.05, 3.63) is 46.7 Å². The molecule has 1 amide bonds. The van der Waals surface area contributed by atoms with E-state index >= 15 is 0 Å². The number of carbonyl (C=O) groups is 1. The maximum Gasteiger partial charge on any atom is 0.434 e. The van der Waals surface area contributed by atoms with Gasteiger partial charge in [0.2, 0.25) is 0 Å². The molecule has 1 aromatic carbocycles. The van der Waals surface area contributed by atoms with Gasteiger partial charge in [-0.15, -0.1) is 0 Å². The number of halogens is 4. The number of benzene rings is 1. The van der Waals surface area contributed by atoms with Crippen molar-refractivity contribution in [3.8, 4) is 5.69 Å². The molecule has 5 nitrogen and oxygen atoms in total. The van der Waals surface area contributed by atoms with E-state index in [-0.39, 0.29) is 23.4 Å². The molecule has 2 heterocycles. The number of alkyl halides is 3. The summed E-state index contributed by atoms with van der Waals surface area (Å²) in [5, 5.41) is 6.50. The van der Waals surface area contributed by atoms with Crippen LogP contribution in [-0.2, 0) is 10.9 Å². The maximum absolute atomic E-state index is 13.5. The number of ether oxygens (including phenoxy) is 1. The highest BCUT2D eigenvalue weighted by molar-refractivity contribution is 6.30. The lowest BCUT2D eigenvalue weighted by Gasteiger charge is -2.14. The molecule has 1 atom stereocenters. The van der Waals surface area contributed by atoms with Crippen molar-refractivity contribution in [2.75, 3.05) is 13.2 Å². The minimum Gasteiger partial charge on any atom is -0.376 e. The van der Waals surface area contributed by atoms with Gasteiger partial charge in [-0.2, -0.15) is 18.3 Å². The van der Waals surface area contributed by atoms with E-state index in [4.69, 9.17) is 16.3 Å². The van der Waals surface area contributed by atoms with Gasteiger partial charge in [-0.25, -0.2) is 4.68 Å². The second-order valence-electron chi connectivity index (χ2n) is 5.64. The first-order valence-electron chi connectivity index (χ1n) is 7.67. The van der Waals surface area contributed by atoms with Crippen molar-refractivity contribution >= 4 is 17.5 Å². The van der Waals surface area contributed by atoms with E-state index in [1.54, 1.807) is 0 Å². The van der Waals surface area contributed by atoms with E-state index in [1.165, 1.54) is 24.3 Å². The predicted molar refractivity (Wildman–Crippen MR) is 84.9 cm³/mol. The number of amides is 1. The highest BCUT2D eigenvalue weighted by Gasteiger charge is 2.40. The van der Waals surface area contributed by atoms with Gasteiger partial charge in [-0.3, -0.25) is 4.79 Å². The summed E-state index contributed by atoms with van der Waals surface area (Å²) < 4.78 is 46.6. The van der Waals surface area contributed by atoms with Crippen molar-refractivity contribution in [2.45, 2.75) is 25.1 Å². The Hall–Kier alpha value is -2.06. The fourth-order valence-corrected chi connectivity index (χ4v) is 2.88. The zero-order valence-electron chi connectivity index (χ0n) is 13.0. The van der Waals surface area contributed by atoms with Crippen molar-refractivity contribution in [1.29, 1.82) is 0 Å². The number of hydrogen-bond donors (Lipinski definition) is 1. The van der Waals surface area contributed by atoms with Crippen LogP contribution in [0.5, 0.6) is 0 Å². The largest absolute Gasteiger partial charge is 0.434 e. The number of carbonyl (C=O) groups excluding carboxylic acids is 1. The van der Waals surface area contributed by atoms with Crippen LogP contribution in [0.4, 0.5) is 13.2 Å². The van der Waals surface area contributed by atoms with Crippen molar-refractivity contribution in [3.63, 3.8) is 0 Å². The first-order valence-corrected chi connectivity index (χ1v) is 8.05. The smallest absolute Gasteiger partial charge is 0.376 e. The fraction of sp³-hybridized carbons (Fsp3) is 0.375. The Morgan fingerprint density at radius 2 is 2.24 bits per heavy atom. The number of hydrogen-bond acceptors (Lipinski definition) is 3. The van der Waals surface area contributed by atoms with Crippen LogP contribution in [0.1, 0.15) is 28.9 Å². The molecule has 1 fully saturated rings. The van der Waals surface area contributed by atoms with Crippen LogP contribution in [0.15, 0.2) is 30.5 Å². The maximum atomic E-state index is 13.5. The molecule has 1 aliphatic rings. The van der Waals surface area contributed by atoms with E-state index < -0.39 is 23.3 Å². The van der Waals surface area contributed by atoms with Crippen LogP contribution in [-0.4, -0.2) is 34.9 Å². The van der Waals surface area contributed by atoms with Crippen LogP contribution < -0.4 is 5.32 Å². The Morgan fingerprint density at radius 3 is 2.88 bits per heavy atom. The zero-order chi connectivity index (χ0) is 18.0. The number of nitrogens with zero attached hydrogens (tertiary/aromatic N) is 2. The lowest BCUT2D eigenvalue weighted by molar-refractivity contribution is -0.143. The molecule has 1 N–H and O–H groups in total. The quantitative estimate of drug-likeness (QED) is 0.893. The molecule has 1 saturated heterocycles. The SMILES string of the molecule is O=C(NC[C@H]1CCCO1)c1cnn(-c2cccc(Cl)c2)c1C(F)(F)F. The second-order valence-corrected chi connectivity index (χ2v) is 6.08. The van der Waals surface area contributed by atoms with Crippen LogP contribution in [0.3, 0.4) is 0 Å². The van der Waals surface area contributed by atoms with Gasteiger partial charge < -0.3 is 10.1 Å². The van der Waals surface area contributed by atoms with Gasteiger partial charge in [-0.1, -0.05) is 17.7 Å². The van der Waals surface area contributed by atoms with Crippen LogP contribution in [0.2, 0.25) is 5.02 Å². The average Bonchev–Trinajstić information content (AvgIpc) is 3.21. The Labute approximate surface area is 146 Å². The molecule has 0 spiro atoms. The molecule has 0 aliphatic carbocycles. The summed E-state index contributed by atoms with van der Waals surface area (Å²) in [7, 11) is 0. The van der Waals surface area contributed by atoms with Gasteiger partial charge >= 0.3 is 6.18 Å². The molecule has 0 radical (unpaired) electrons. The first kappa shape index (κ1) is 17.8. The monoisotopic (exact) mass is 373 g/mol. The second kappa shape index (κ2) is 7.05. The molecular formula is C16H15ClF3N3O2. The summed E-state index contributed by atoms with van der Waals surface area (Å²) in [5.74, 6) is -0.837. The van der Waals surface area contributed by atoms with Crippen LogP contribution in [0.25, 0.3) is 5.69 Å². The third-order valence-corrected chi connectivity index (χ3v) is 4.08. The summed E-state index contributed by atoms with van der Waals surface area (Å²) in [4.78, 5) is 12.2. The molecule has 0 saturated carbocycles. The molecule has 25 heavy (non-hydrogen) atoms. The van der Waals surface area contributed by atoms with Gasteiger partial charge in [0, 0.05) is 18.2 Å². The van der Waals surface area contributed by atoms with Crippen molar-refractivity contribution < 1.29 is 22.7 Å². The Balaban J connectivity index is 1.90. The van der Waals surface area contributed by atoms with E-state index in [1.807, 2.05) is 0 Å². The van der Waals surface area contributed by atoms with Crippen molar-refractivity contribution in [2.24, 2.45) is 0 Å². The third-order valence-electron chi connectivity index (χ3n) is 3.85. The molecule has 1 aliphatic heterocycles. The van der Waals surface area contributed by atoms with Gasteiger partial charge in [0.1, 0.15) is 0 Å². The third kappa shape index (κ3) is 3.96. The molecule has 0 unspecified atom stereocenters. The summed E-state index contributed by atoms with van der Waals surface area (Å²) in [6, 6.07) is 5.83. The molecule has 0 bridgehead atoms. The Bertz CT molecular complexity index is 770. The fourth-order valence-electron chi connectivity index (χ4n) is 2.70. The van der Waals surface area contributed by atoms with Crippen LogP contribution in [0, 0.1) is 0 Å². The van der Waals surface area contributed by atoms with Gasteiger partial charge in [0.25, 0.3) is 5.91 Å². The zero-order valence-corrected chi connectivity index (χ0v) is 13.8. The molecule has 9 heteroatoms. The number of aromatic nitrogens is 2. The minimum absolute atomic E-state index is 0.123. The molecule has 2 aromatic rings. The first-order chi connectivity index (χ1) is 11.9. The Morgan fingerprint density at radius 1 is 1.44 bits per heavy atom. The van der Waals surface area contributed by atoms with E-state index in [2.05, 4.69) is 10.4 Å². The lowest BCUT2D eigenvalue weighted by Crippen LogP contribution is -2.33. The Kier molecular flexibility index (Phi) is 5.01. The highest BCUT2D eigenvalue weighted by atomic mass is 35.5. The topological polar surface area (TPSA) is 56.1 Å². The van der Waals surface area contributed by atoms with Gasteiger partial charge in [-0.05, 0) is 31.0 Å². The molecule has 1 aromatic heterocycles. The van der Waals surface area contributed by atoms with E-state index in [9.17, 15) is 18.0 Å². The number of nitrogens with one attached hydrogen (secondary N) is 1. The van der Waals surface area contributed by atoms with E-state index in [0.29, 0.717) is 11.3 Å². The van der Waals surface area contributed by atoms with Crippen molar-refractivity contribution in [1.82, 2.24) is 15.1 Å². The summed E-state index contributed by atoms with van der Waals surface area (Å²) in [5.41, 5.74) is -1.55. The lowest BCUT2D eigenvalue weighted by atomic mass is 10.2. The van der Waals surface area contributed by atoms with Gasteiger partial charge in [0.05, 0.1) is 23.6 Å². The van der Waals surface area contributed by atoms with Crippen LogP contribution >= 0.6 is 11.6 Å². The molecule has 3 rings (SSSR count). The standard InChI is InChI=1S/C16H15ClF3N3O2/c17-10-3-1-4-11(7-10)23-14(16(18,19)20)13(9-22-23)15(24)21-8-12-5-2-6-25-12/h1,3-4,7,9,12H,2,5-6,8H2,(H,21,24)/t12-/m1/s1. The molecule has 134 valence electrons. The summed E-state index contributed by atoms with van der Waals surface area (Å²) >= 11 is 5.84. The molecular weight excluding hydrogens is 359 g/mol. The van der Waals surface area contributed by atoms with Gasteiger partial charge in [0.15, 0.2) is 5.69 Å². The predicted octanol–water partition coefficient (Wildman–Crippen LogP) is 3.45. The summed E-state index contributed by atoms with van der Waals surface area (Å²) in [6.07, 6.45) is -2.36.